The minimum atomic E-state index is -0.416. The van der Waals surface area contributed by atoms with E-state index in [-0.39, 0.29) is 11.6 Å². The van der Waals surface area contributed by atoms with E-state index < -0.39 is 5.91 Å². The van der Waals surface area contributed by atoms with Crippen molar-refractivity contribution in [3.63, 3.8) is 0 Å². The first-order valence-corrected chi connectivity index (χ1v) is 9.70. The molecule has 29 heavy (non-hydrogen) atoms. The monoisotopic (exact) mass is 390 g/mol. The number of aryl methyl sites for hydroxylation is 2. The van der Waals surface area contributed by atoms with E-state index in [0.29, 0.717) is 16.9 Å². The summed E-state index contributed by atoms with van der Waals surface area (Å²) < 4.78 is 20.8. The Morgan fingerprint density at radius 2 is 2.03 bits per heavy atom. The van der Waals surface area contributed by atoms with Crippen LogP contribution in [0.2, 0.25) is 0 Å². The first-order chi connectivity index (χ1) is 14.2. The fraction of sp³-hybridized carbons (Fsp3) is 0.227. The van der Waals surface area contributed by atoms with E-state index in [4.69, 9.17) is 9.51 Å². The van der Waals surface area contributed by atoms with Gasteiger partial charge in [0, 0.05) is 30.3 Å². The molecule has 0 unspecified atom stereocenters. The van der Waals surface area contributed by atoms with Crippen LogP contribution in [0.5, 0.6) is 0 Å². The van der Waals surface area contributed by atoms with Crippen LogP contribution in [-0.4, -0.2) is 20.6 Å². The third-order valence-electron chi connectivity index (χ3n) is 5.22. The van der Waals surface area contributed by atoms with Gasteiger partial charge in [-0.25, -0.2) is 9.37 Å². The molecule has 1 amide bonds. The van der Waals surface area contributed by atoms with Crippen molar-refractivity contribution in [2.45, 2.75) is 32.2 Å². The maximum absolute atomic E-state index is 13.4. The molecule has 0 bridgehead atoms. The summed E-state index contributed by atoms with van der Waals surface area (Å²) in [6.45, 7) is 0.985. The van der Waals surface area contributed by atoms with E-state index >= 15 is 0 Å². The topological polar surface area (TPSA) is 73.0 Å². The van der Waals surface area contributed by atoms with Crippen molar-refractivity contribution in [3.8, 4) is 11.3 Å². The third kappa shape index (κ3) is 3.40. The number of hydrogen-bond donors (Lipinski definition) is 1. The van der Waals surface area contributed by atoms with E-state index in [2.05, 4.69) is 15.0 Å². The molecule has 3 heterocycles. The minimum absolute atomic E-state index is 0.0602. The normalized spacial score (nSPS) is 13.8. The Bertz CT molecular complexity index is 1210. The van der Waals surface area contributed by atoms with E-state index in [1.807, 2.05) is 18.2 Å². The molecule has 0 aliphatic carbocycles. The van der Waals surface area contributed by atoms with Gasteiger partial charge < -0.3 is 14.4 Å². The molecule has 0 spiro atoms. The number of amides is 1. The summed E-state index contributed by atoms with van der Waals surface area (Å²) in [6, 6.07) is 13.2. The summed E-state index contributed by atoms with van der Waals surface area (Å²) in [4.78, 5) is 17.3. The second kappa shape index (κ2) is 7.16. The van der Waals surface area contributed by atoms with Crippen LogP contribution in [0.15, 0.2) is 53.1 Å². The number of imidazole rings is 1. The van der Waals surface area contributed by atoms with E-state index in [9.17, 15) is 9.18 Å². The zero-order chi connectivity index (χ0) is 19.8. The van der Waals surface area contributed by atoms with Crippen molar-refractivity contribution in [2.75, 3.05) is 5.32 Å². The molecule has 0 atom stereocenters. The quantitative estimate of drug-likeness (QED) is 0.545. The summed E-state index contributed by atoms with van der Waals surface area (Å²) in [6.07, 6.45) is 4.53. The highest BCUT2D eigenvalue weighted by atomic mass is 19.1. The lowest BCUT2D eigenvalue weighted by Crippen LogP contribution is -2.10. The predicted molar refractivity (Wildman–Crippen MR) is 107 cm³/mol. The van der Waals surface area contributed by atoms with Crippen molar-refractivity contribution in [3.05, 3.63) is 65.9 Å². The number of benzene rings is 2. The molecule has 2 aromatic carbocycles. The summed E-state index contributed by atoms with van der Waals surface area (Å²) in [7, 11) is 0. The largest absolute Gasteiger partial charge is 0.350 e. The standard InChI is InChI=1S/C22H19FN4O2/c23-15-6-4-5-14(11-15)17-13-20(29-26-17)22(28)24-16-8-9-19-18(12-16)25-21-7-2-1-3-10-27(19)21/h4-6,8-9,11-13H,1-3,7,10H2,(H,24,28). The maximum atomic E-state index is 13.4. The van der Waals surface area contributed by atoms with Gasteiger partial charge in [0.1, 0.15) is 17.3 Å². The lowest BCUT2D eigenvalue weighted by molar-refractivity contribution is 0.0988. The number of hydrogen-bond acceptors (Lipinski definition) is 4. The molecule has 5 rings (SSSR count). The Hall–Kier alpha value is -3.48. The van der Waals surface area contributed by atoms with Crippen molar-refractivity contribution >= 4 is 22.6 Å². The van der Waals surface area contributed by atoms with Crippen molar-refractivity contribution in [1.82, 2.24) is 14.7 Å². The van der Waals surface area contributed by atoms with Gasteiger partial charge in [0.05, 0.1) is 11.0 Å². The number of nitrogens with one attached hydrogen (secondary N) is 1. The van der Waals surface area contributed by atoms with E-state index in [1.165, 1.54) is 24.6 Å². The number of aromatic nitrogens is 3. The van der Waals surface area contributed by atoms with Crippen LogP contribution in [0.4, 0.5) is 10.1 Å². The average molecular weight is 390 g/mol. The van der Waals surface area contributed by atoms with Gasteiger partial charge in [0.2, 0.25) is 5.76 Å². The molecule has 0 saturated carbocycles. The molecule has 0 saturated heterocycles. The Morgan fingerprint density at radius 1 is 1.10 bits per heavy atom. The zero-order valence-corrected chi connectivity index (χ0v) is 15.7. The van der Waals surface area contributed by atoms with Crippen LogP contribution in [0.25, 0.3) is 22.3 Å². The number of halogens is 1. The van der Waals surface area contributed by atoms with Gasteiger partial charge in [-0.1, -0.05) is 23.7 Å². The molecule has 146 valence electrons. The number of carbonyl (C=O) groups is 1. The molecule has 1 aliphatic rings. The average Bonchev–Trinajstić information content (AvgIpc) is 3.27. The predicted octanol–water partition coefficient (Wildman–Crippen LogP) is 4.81. The fourth-order valence-electron chi connectivity index (χ4n) is 3.79. The van der Waals surface area contributed by atoms with Crippen LogP contribution >= 0.6 is 0 Å². The van der Waals surface area contributed by atoms with Gasteiger partial charge in [-0.2, -0.15) is 0 Å². The number of anilines is 1. The molecule has 2 aromatic heterocycles. The van der Waals surface area contributed by atoms with Crippen LogP contribution in [0.1, 0.15) is 35.6 Å². The molecule has 1 N–H and O–H groups in total. The zero-order valence-electron chi connectivity index (χ0n) is 15.7. The van der Waals surface area contributed by atoms with Crippen LogP contribution in [-0.2, 0) is 13.0 Å². The van der Waals surface area contributed by atoms with Gasteiger partial charge in [0.25, 0.3) is 5.91 Å². The van der Waals surface area contributed by atoms with Gasteiger partial charge >= 0.3 is 0 Å². The molecule has 4 aromatic rings. The lowest BCUT2D eigenvalue weighted by Gasteiger charge is -2.05. The number of carbonyl (C=O) groups excluding carboxylic acids is 1. The third-order valence-corrected chi connectivity index (χ3v) is 5.22. The Kier molecular flexibility index (Phi) is 4.35. The van der Waals surface area contributed by atoms with Crippen LogP contribution in [0, 0.1) is 5.82 Å². The summed E-state index contributed by atoms with van der Waals surface area (Å²) >= 11 is 0. The van der Waals surface area contributed by atoms with Crippen molar-refractivity contribution < 1.29 is 13.7 Å². The fourth-order valence-corrected chi connectivity index (χ4v) is 3.79. The van der Waals surface area contributed by atoms with Gasteiger partial charge in [0.15, 0.2) is 0 Å². The molecular formula is C22H19FN4O2. The Labute approximate surface area is 166 Å². The summed E-state index contributed by atoms with van der Waals surface area (Å²) in [5, 5.41) is 6.70. The second-order valence-corrected chi connectivity index (χ2v) is 7.23. The van der Waals surface area contributed by atoms with E-state index in [1.54, 1.807) is 12.1 Å². The highest BCUT2D eigenvalue weighted by Crippen LogP contribution is 2.25. The smallest absolute Gasteiger partial charge is 0.294 e. The first-order valence-electron chi connectivity index (χ1n) is 9.70. The highest BCUT2D eigenvalue weighted by molar-refractivity contribution is 6.03. The minimum Gasteiger partial charge on any atom is -0.350 e. The van der Waals surface area contributed by atoms with Gasteiger partial charge in [-0.3, -0.25) is 4.79 Å². The number of rotatable bonds is 3. The van der Waals surface area contributed by atoms with Gasteiger partial charge in [-0.15, -0.1) is 0 Å². The molecule has 7 heteroatoms. The van der Waals surface area contributed by atoms with E-state index in [0.717, 1.165) is 42.7 Å². The Balaban J connectivity index is 1.37. The molecule has 0 fully saturated rings. The van der Waals surface area contributed by atoms with Crippen molar-refractivity contribution in [1.29, 1.82) is 0 Å². The molecular weight excluding hydrogens is 371 g/mol. The number of fused-ring (bicyclic) bond motifs is 3. The highest BCUT2D eigenvalue weighted by Gasteiger charge is 2.17. The summed E-state index contributed by atoms with van der Waals surface area (Å²) in [5.41, 5.74) is 3.56. The Morgan fingerprint density at radius 3 is 2.93 bits per heavy atom. The number of nitrogens with zero attached hydrogens (tertiary/aromatic N) is 3. The molecule has 1 aliphatic heterocycles. The molecule has 6 nitrogen and oxygen atoms in total. The van der Waals surface area contributed by atoms with Crippen molar-refractivity contribution in [2.24, 2.45) is 0 Å². The van der Waals surface area contributed by atoms with Crippen LogP contribution < -0.4 is 5.32 Å². The maximum Gasteiger partial charge on any atom is 0.294 e. The lowest BCUT2D eigenvalue weighted by atomic mass is 10.1. The SMILES string of the molecule is O=C(Nc1ccc2c(c1)nc1n2CCCCC1)c1cc(-c2cccc(F)c2)no1. The van der Waals surface area contributed by atoms with Gasteiger partial charge in [-0.05, 0) is 43.2 Å². The second-order valence-electron chi connectivity index (χ2n) is 7.23. The molecule has 0 radical (unpaired) electrons. The summed E-state index contributed by atoms with van der Waals surface area (Å²) in [5.74, 6) is 0.379. The first kappa shape index (κ1) is 17.6. The van der Waals surface area contributed by atoms with Crippen LogP contribution in [0.3, 0.4) is 0 Å².